The van der Waals surface area contributed by atoms with Crippen LogP contribution in [0.5, 0.6) is 17.2 Å². The number of nitrogens with zero attached hydrogens (tertiary/aromatic N) is 2. The molecule has 1 unspecified atom stereocenters. The van der Waals surface area contributed by atoms with E-state index in [2.05, 4.69) is 9.97 Å². The van der Waals surface area contributed by atoms with Gasteiger partial charge >= 0.3 is 0 Å². The lowest BCUT2D eigenvalue weighted by Gasteiger charge is -2.22. The molecule has 0 radical (unpaired) electrons. The van der Waals surface area contributed by atoms with Gasteiger partial charge in [0.05, 0.1) is 25.8 Å². The number of hydrogen-bond donors (Lipinski definition) is 1. The van der Waals surface area contributed by atoms with E-state index >= 15 is 0 Å². The summed E-state index contributed by atoms with van der Waals surface area (Å²) < 4.78 is 16.7. The highest BCUT2D eigenvalue weighted by Gasteiger charge is 2.29. The van der Waals surface area contributed by atoms with E-state index in [0.717, 1.165) is 35.4 Å². The fraction of sp³-hybridized carbons (Fsp3) is 0.385. The number of likely N-dealkylation sites (tertiary alicyclic amines) is 1. The van der Waals surface area contributed by atoms with E-state index in [-0.39, 0.29) is 17.4 Å². The molecule has 0 bridgehead atoms. The number of rotatable bonds is 9. The van der Waals surface area contributed by atoms with Gasteiger partial charge in [0.1, 0.15) is 35.1 Å². The number of Topliss-reactive ketones (excluding diaryl/α,β-unsaturated/α-hetero) is 1. The summed E-state index contributed by atoms with van der Waals surface area (Å²) in [5.74, 6) is 1.75. The highest BCUT2D eigenvalue weighted by Crippen LogP contribution is 2.31. The second-order valence-corrected chi connectivity index (χ2v) is 8.64. The van der Waals surface area contributed by atoms with Crippen molar-refractivity contribution in [1.29, 1.82) is 0 Å². The van der Waals surface area contributed by atoms with Crippen molar-refractivity contribution in [2.45, 2.75) is 32.7 Å². The number of aryl methyl sites for hydroxylation is 2. The maximum atomic E-state index is 12.9. The molecule has 35 heavy (non-hydrogen) atoms. The minimum Gasteiger partial charge on any atom is -0.497 e. The molecule has 2 heterocycles. The number of hydrogen-bond acceptors (Lipinski definition) is 8. The molecule has 9 heteroatoms. The van der Waals surface area contributed by atoms with Crippen molar-refractivity contribution >= 4 is 23.0 Å². The van der Waals surface area contributed by atoms with Crippen LogP contribution in [0.3, 0.4) is 0 Å². The highest BCUT2D eigenvalue weighted by atomic mass is 16.5. The zero-order valence-corrected chi connectivity index (χ0v) is 20.3. The van der Waals surface area contributed by atoms with E-state index in [1.54, 1.807) is 19.2 Å². The Balaban J connectivity index is 1.57. The predicted octanol–water partition coefficient (Wildman–Crippen LogP) is 2.84. The summed E-state index contributed by atoms with van der Waals surface area (Å²) >= 11 is 0. The topological polar surface area (TPSA) is 111 Å². The molecule has 1 aliphatic heterocycles. The number of H-pyrrole nitrogens is 1. The molecule has 1 fully saturated rings. The van der Waals surface area contributed by atoms with Gasteiger partial charge in [-0.05, 0) is 56.5 Å². The quantitative estimate of drug-likeness (QED) is 0.368. The Labute approximate surface area is 203 Å². The van der Waals surface area contributed by atoms with Crippen molar-refractivity contribution in [3.8, 4) is 28.6 Å². The van der Waals surface area contributed by atoms with Gasteiger partial charge in [-0.15, -0.1) is 0 Å². The number of fused-ring (bicyclic) bond motifs is 1. The molecular weight excluding hydrogens is 450 g/mol. The number of aldehydes is 1. The molecule has 1 atom stereocenters. The molecule has 2 aromatic carbocycles. The zero-order chi connectivity index (χ0) is 25.1. The monoisotopic (exact) mass is 479 g/mol. The first kappa shape index (κ1) is 24.4. The molecule has 3 aromatic rings. The Hall–Kier alpha value is -3.72. The fourth-order valence-electron chi connectivity index (χ4n) is 4.70. The van der Waals surface area contributed by atoms with Crippen molar-refractivity contribution in [3.05, 3.63) is 45.7 Å². The van der Waals surface area contributed by atoms with Gasteiger partial charge in [0.15, 0.2) is 6.29 Å². The minimum atomic E-state index is -0.369. The van der Waals surface area contributed by atoms with Crippen LogP contribution in [0.1, 0.15) is 24.0 Å². The van der Waals surface area contributed by atoms with E-state index in [1.165, 1.54) is 7.11 Å². The predicted molar refractivity (Wildman–Crippen MR) is 132 cm³/mol. The number of carbonyl (C=O) groups excluding carboxylic acids is 2. The van der Waals surface area contributed by atoms with Crippen LogP contribution in [0, 0.1) is 13.8 Å². The Morgan fingerprint density at radius 1 is 1.17 bits per heavy atom. The van der Waals surface area contributed by atoms with Crippen LogP contribution < -0.4 is 19.8 Å². The largest absolute Gasteiger partial charge is 0.497 e. The molecule has 0 amide bonds. The van der Waals surface area contributed by atoms with Crippen LogP contribution in [-0.4, -0.2) is 66.9 Å². The molecule has 9 nitrogen and oxygen atoms in total. The lowest BCUT2D eigenvalue weighted by atomic mass is 10.0. The summed E-state index contributed by atoms with van der Waals surface area (Å²) in [5.41, 5.74) is 2.72. The summed E-state index contributed by atoms with van der Waals surface area (Å²) in [6.45, 7) is 5.61. The number of aromatic amines is 1. The first-order valence-electron chi connectivity index (χ1n) is 11.5. The second-order valence-electron chi connectivity index (χ2n) is 8.64. The van der Waals surface area contributed by atoms with Crippen LogP contribution in [0.4, 0.5) is 0 Å². The van der Waals surface area contributed by atoms with Gasteiger partial charge in [-0.25, -0.2) is 4.98 Å². The van der Waals surface area contributed by atoms with Gasteiger partial charge in [0.2, 0.25) is 5.78 Å². The number of benzene rings is 2. The summed E-state index contributed by atoms with van der Waals surface area (Å²) in [5, 5.41) is 0.360. The first-order valence-corrected chi connectivity index (χ1v) is 11.5. The Bertz CT molecular complexity index is 1310. The van der Waals surface area contributed by atoms with E-state index in [9.17, 15) is 14.4 Å². The zero-order valence-electron chi connectivity index (χ0n) is 20.3. The third kappa shape index (κ3) is 4.90. The second kappa shape index (κ2) is 10.3. The number of ketones is 1. The Morgan fingerprint density at radius 2 is 1.91 bits per heavy atom. The average Bonchev–Trinajstić information content (AvgIpc) is 3.32. The van der Waals surface area contributed by atoms with Crippen LogP contribution in [0.2, 0.25) is 0 Å². The maximum Gasteiger partial charge on any atom is 0.262 e. The molecule has 0 saturated carbocycles. The molecule has 184 valence electrons. The van der Waals surface area contributed by atoms with Gasteiger partial charge in [-0.3, -0.25) is 19.3 Å². The molecule has 1 aliphatic rings. The Kier molecular flexibility index (Phi) is 7.16. The molecule has 0 aliphatic carbocycles. The van der Waals surface area contributed by atoms with Crippen molar-refractivity contribution < 1.29 is 23.8 Å². The number of methoxy groups -OCH3 is 2. The van der Waals surface area contributed by atoms with E-state index < -0.39 is 0 Å². The van der Waals surface area contributed by atoms with E-state index in [0.29, 0.717) is 54.1 Å². The molecule has 1 saturated heterocycles. The number of ether oxygens (including phenoxy) is 3. The summed E-state index contributed by atoms with van der Waals surface area (Å²) in [6, 6.07) is 6.85. The SMILES string of the molecule is COc1cc(OC)c2c(=O)[nH]c(-c3cc(C)c(OCCN4CCCC4C(=O)C=O)c(C)c3)nc2c1. The average molecular weight is 480 g/mol. The van der Waals surface area contributed by atoms with Gasteiger partial charge in [-0.2, -0.15) is 0 Å². The van der Waals surface area contributed by atoms with Crippen molar-refractivity contribution in [1.82, 2.24) is 14.9 Å². The van der Waals surface area contributed by atoms with Crippen LogP contribution in [0.25, 0.3) is 22.3 Å². The van der Waals surface area contributed by atoms with Gasteiger partial charge in [-0.1, -0.05) is 0 Å². The fourth-order valence-corrected chi connectivity index (χ4v) is 4.70. The van der Waals surface area contributed by atoms with Crippen molar-refractivity contribution in [2.75, 3.05) is 33.9 Å². The summed E-state index contributed by atoms with van der Waals surface area (Å²) in [6.07, 6.45) is 2.01. The lowest BCUT2D eigenvalue weighted by molar-refractivity contribution is -0.132. The van der Waals surface area contributed by atoms with Crippen LogP contribution in [-0.2, 0) is 9.59 Å². The Morgan fingerprint density at radius 3 is 2.57 bits per heavy atom. The molecule has 4 rings (SSSR count). The maximum absolute atomic E-state index is 12.9. The first-order chi connectivity index (χ1) is 16.9. The molecular formula is C26H29N3O6. The highest BCUT2D eigenvalue weighted by molar-refractivity contribution is 6.27. The van der Waals surface area contributed by atoms with Crippen molar-refractivity contribution in [3.63, 3.8) is 0 Å². The third-order valence-electron chi connectivity index (χ3n) is 6.37. The van der Waals surface area contributed by atoms with Gasteiger partial charge < -0.3 is 19.2 Å². The molecule has 1 aromatic heterocycles. The number of nitrogens with one attached hydrogen (secondary N) is 1. The molecule has 0 spiro atoms. The smallest absolute Gasteiger partial charge is 0.262 e. The van der Waals surface area contributed by atoms with Gasteiger partial charge in [0, 0.05) is 24.2 Å². The van der Waals surface area contributed by atoms with Crippen molar-refractivity contribution in [2.24, 2.45) is 0 Å². The number of carbonyl (C=O) groups is 2. The van der Waals surface area contributed by atoms with E-state index in [4.69, 9.17) is 14.2 Å². The lowest BCUT2D eigenvalue weighted by Crippen LogP contribution is -2.39. The standard InChI is InChI=1S/C26H29N3O6/c1-15-10-17(25-27-19-12-18(33-3)13-22(34-4)23(19)26(32)28-25)11-16(2)24(15)35-9-8-29-7-5-6-20(29)21(31)14-30/h10-14,20H,5-9H2,1-4H3,(H,27,28,32). The minimum absolute atomic E-state index is 0.301. The summed E-state index contributed by atoms with van der Waals surface area (Å²) in [4.78, 5) is 45.1. The summed E-state index contributed by atoms with van der Waals surface area (Å²) in [7, 11) is 3.04. The number of aromatic nitrogens is 2. The van der Waals surface area contributed by atoms with Crippen LogP contribution in [0.15, 0.2) is 29.1 Å². The normalized spacial score (nSPS) is 15.8. The third-order valence-corrected chi connectivity index (χ3v) is 6.37. The van der Waals surface area contributed by atoms with Crippen LogP contribution >= 0.6 is 0 Å². The molecule has 1 N–H and O–H groups in total. The van der Waals surface area contributed by atoms with Gasteiger partial charge in [0.25, 0.3) is 5.56 Å². The van der Waals surface area contributed by atoms with E-state index in [1.807, 2.05) is 30.9 Å².